The van der Waals surface area contributed by atoms with Crippen LogP contribution in [0, 0.1) is 17.1 Å². The van der Waals surface area contributed by atoms with Gasteiger partial charge in [-0.15, -0.1) is 0 Å². The molecule has 0 fully saturated rings. The van der Waals surface area contributed by atoms with Gasteiger partial charge in [0.2, 0.25) is 0 Å². The highest BCUT2D eigenvalue weighted by molar-refractivity contribution is 6.03. The number of pyridine rings is 1. The summed E-state index contributed by atoms with van der Waals surface area (Å²) in [4.78, 5) is 18.0. The molecule has 7 nitrogen and oxygen atoms in total. The molecule has 130 valence electrons. The standard InChI is InChI=1S/C18H14FN5O2/c1-23(17-5-3-4-13(11-20)21-17)18(25)16-6-7-24(22-16)14-8-12(19)9-15(10-14)26-2/h3-10H,1-2H3. The fourth-order valence-corrected chi connectivity index (χ4v) is 2.33. The highest BCUT2D eigenvalue weighted by Gasteiger charge is 2.18. The highest BCUT2D eigenvalue weighted by atomic mass is 19.1. The predicted molar refractivity (Wildman–Crippen MR) is 91.8 cm³/mol. The molecule has 1 amide bonds. The first-order valence-corrected chi connectivity index (χ1v) is 7.57. The Hall–Kier alpha value is -3.73. The van der Waals surface area contributed by atoms with Crippen molar-refractivity contribution in [2.24, 2.45) is 0 Å². The van der Waals surface area contributed by atoms with E-state index in [0.29, 0.717) is 17.3 Å². The van der Waals surface area contributed by atoms with Gasteiger partial charge in [-0.2, -0.15) is 10.4 Å². The molecule has 0 radical (unpaired) electrons. The van der Waals surface area contributed by atoms with Crippen LogP contribution in [0.4, 0.5) is 10.2 Å². The first kappa shape index (κ1) is 17.1. The van der Waals surface area contributed by atoms with Gasteiger partial charge in [-0.05, 0) is 24.3 Å². The minimum absolute atomic E-state index is 0.153. The third-order valence-corrected chi connectivity index (χ3v) is 3.66. The number of methoxy groups -OCH3 is 1. The van der Waals surface area contributed by atoms with Crippen LogP contribution in [-0.4, -0.2) is 34.8 Å². The van der Waals surface area contributed by atoms with Gasteiger partial charge in [-0.25, -0.2) is 14.1 Å². The highest BCUT2D eigenvalue weighted by Crippen LogP contribution is 2.19. The van der Waals surface area contributed by atoms with Crippen molar-refractivity contribution in [1.82, 2.24) is 14.8 Å². The maximum absolute atomic E-state index is 13.7. The van der Waals surface area contributed by atoms with Crippen LogP contribution in [0.2, 0.25) is 0 Å². The normalized spacial score (nSPS) is 10.2. The third-order valence-electron chi connectivity index (χ3n) is 3.66. The number of hydrogen-bond acceptors (Lipinski definition) is 5. The lowest BCUT2D eigenvalue weighted by Crippen LogP contribution is -2.27. The Labute approximate surface area is 148 Å². The molecule has 0 unspecified atom stereocenters. The minimum Gasteiger partial charge on any atom is -0.497 e. The molecule has 8 heteroatoms. The molecular formula is C18H14FN5O2. The molecule has 0 aliphatic rings. The Balaban J connectivity index is 1.88. The monoisotopic (exact) mass is 351 g/mol. The van der Waals surface area contributed by atoms with E-state index in [1.54, 1.807) is 30.5 Å². The second-order valence-corrected chi connectivity index (χ2v) is 5.35. The second kappa shape index (κ2) is 7.03. The van der Waals surface area contributed by atoms with Gasteiger partial charge < -0.3 is 4.74 Å². The van der Waals surface area contributed by atoms with E-state index in [-0.39, 0.29) is 11.4 Å². The number of benzene rings is 1. The quantitative estimate of drug-likeness (QED) is 0.721. The number of halogens is 1. The lowest BCUT2D eigenvalue weighted by molar-refractivity contribution is 0.0987. The van der Waals surface area contributed by atoms with Gasteiger partial charge in [0.25, 0.3) is 5.91 Å². The predicted octanol–water partition coefficient (Wildman–Crippen LogP) is 2.56. The van der Waals surface area contributed by atoms with Gasteiger partial charge in [-0.1, -0.05) is 6.07 Å². The molecule has 0 aliphatic carbocycles. The fraction of sp³-hybridized carbons (Fsp3) is 0.111. The molecule has 2 heterocycles. The molecular weight excluding hydrogens is 337 g/mol. The number of anilines is 1. The Morgan fingerprint density at radius 2 is 2.12 bits per heavy atom. The van der Waals surface area contributed by atoms with Gasteiger partial charge >= 0.3 is 0 Å². The van der Waals surface area contributed by atoms with E-state index in [2.05, 4.69) is 10.1 Å². The average molecular weight is 351 g/mol. The van der Waals surface area contributed by atoms with Crippen LogP contribution in [0.15, 0.2) is 48.7 Å². The molecule has 0 aliphatic heterocycles. The topological polar surface area (TPSA) is 84.0 Å². The summed E-state index contributed by atoms with van der Waals surface area (Å²) in [6, 6.07) is 12.4. The van der Waals surface area contributed by atoms with Crippen LogP contribution < -0.4 is 9.64 Å². The number of hydrogen-bond donors (Lipinski definition) is 0. The van der Waals surface area contributed by atoms with E-state index >= 15 is 0 Å². The lowest BCUT2D eigenvalue weighted by Gasteiger charge is -2.14. The molecule has 0 atom stereocenters. The van der Waals surface area contributed by atoms with E-state index in [1.165, 1.54) is 41.9 Å². The van der Waals surface area contributed by atoms with Crippen LogP contribution in [-0.2, 0) is 0 Å². The maximum Gasteiger partial charge on any atom is 0.279 e. The zero-order chi connectivity index (χ0) is 18.7. The summed E-state index contributed by atoms with van der Waals surface area (Å²) in [7, 11) is 2.98. The number of nitriles is 1. The Morgan fingerprint density at radius 1 is 1.31 bits per heavy atom. The zero-order valence-electron chi connectivity index (χ0n) is 14.0. The Kier molecular flexibility index (Phi) is 4.62. The van der Waals surface area contributed by atoms with Crippen LogP contribution in [0.3, 0.4) is 0 Å². The molecule has 2 aromatic heterocycles. The van der Waals surface area contributed by atoms with Gasteiger partial charge in [-0.3, -0.25) is 9.69 Å². The van der Waals surface area contributed by atoms with Crippen molar-refractivity contribution < 1.29 is 13.9 Å². The summed E-state index contributed by atoms with van der Waals surface area (Å²) >= 11 is 0. The van der Waals surface area contributed by atoms with E-state index in [0.717, 1.165) is 0 Å². The third kappa shape index (κ3) is 3.37. The van der Waals surface area contributed by atoms with Crippen molar-refractivity contribution in [3.05, 3.63) is 65.9 Å². The van der Waals surface area contributed by atoms with Crippen molar-refractivity contribution in [2.75, 3.05) is 19.1 Å². The van der Waals surface area contributed by atoms with Gasteiger partial charge in [0.1, 0.15) is 29.1 Å². The van der Waals surface area contributed by atoms with Crippen molar-refractivity contribution in [3.63, 3.8) is 0 Å². The first-order chi connectivity index (χ1) is 12.5. The van der Waals surface area contributed by atoms with E-state index in [9.17, 15) is 9.18 Å². The summed E-state index contributed by atoms with van der Waals surface area (Å²) in [5, 5.41) is 13.1. The van der Waals surface area contributed by atoms with Crippen molar-refractivity contribution in [3.8, 4) is 17.5 Å². The molecule has 0 saturated carbocycles. The van der Waals surface area contributed by atoms with E-state index in [1.807, 2.05) is 6.07 Å². The van der Waals surface area contributed by atoms with Crippen LogP contribution in [0.25, 0.3) is 5.69 Å². The number of rotatable bonds is 4. The number of carbonyl (C=O) groups excluding carboxylic acids is 1. The van der Waals surface area contributed by atoms with Gasteiger partial charge in [0.05, 0.1) is 12.8 Å². The first-order valence-electron chi connectivity index (χ1n) is 7.57. The number of amides is 1. The van der Waals surface area contributed by atoms with Crippen LogP contribution in [0.5, 0.6) is 5.75 Å². The molecule has 0 spiro atoms. The van der Waals surface area contributed by atoms with Crippen LogP contribution >= 0.6 is 0 Å². The van der Waals surface area contributed by atoms with Gasteiger partial charge in [0.15, 0.2) is 5.69 Å². The van der Waals surface area contributed by atoms with Crippen molar-refractivity contribution in [1.29, 1.82) is 5.26 Å². The molecule has 0 bridgehead atoms. The molecule has 0 N–H and O–H groups in total. The SMILES string of the molecule is COc1cc(F)cc(-n2ccc(C(=O)N(C)c3cccc(C#N)n3)n2)c1. The van der Waals surface area contributed by atoms with E-state index < -0.39 is 11.7 Å². The number of ether oxygens (including phenoxy) is 1. The van der Waals surface area contributed by atoms with E-state index in [4.69, 9.17) is 10.00 Å². The number of carbonyl (C=O) groups is 1. The summed E-state index contributed by atoms with van der Waals surface area (Å²) in [6.45, 7) is 0. The maximum atomic E-state index is 13.7. The molecule has 26 heavy (non-hydrogen) atoms. The number of nitrogens with zero attached hydrogens (tertiary/aromatic N) is 5. The Morgan fingerprint density at radius 3 is 2.85 bits per heavy atom. The fourth-order valence-electron chi connectivity index (χ4n) is 2.33. The smallest absolute Gasteiger partial charge is 0.279 e. The molecule has 3 rings (SSSR count). The zero-order valence-corrected chi connectivity index (χ0v) is 14.0. The van der Waals surface area contributed by atoms with Crippen molar-refractivity contribution >= 4 is 11.7 Å². The summed E-state index contributed by atoms with van der Waals surface area (Å²) in [5.41, 5.74) is 0.785. The van der Waals surface area contributed by atoms with Crippen LogP contribution in [0.1, 0.15) is 16.2 Å². The largest absolute Gasteiger partial charge is 0.497 e. The lowest BCUT2D eigenvalue weighted by atomic mass is 10.3. The Bertz CT molecular complexity index is 1010. The number of aromatic nitrogens is 3. The summed E-state index contributed by atoms with van der Waals surface area (Å²) in [6.07, 6.45) is 1.55. The van der Waals surface area contributed by atoms with Crippen molar-refractivity contribution in [2.45, 2.75) is 0 Å². The molecule has 3 aromatic rings. The summed E-state index contributed by atoms with van der Waals surface area (Å²) < 4.78 is 20.1. The average Bonchev–Trinajstić information content (AvgIpc) is 3.16. The molecule has 1 aromatic carbocycles. The summed E-state index contributed by atoms with van der Waals surface area (Å²) in [5.74, 6) is -0.207. The second-order valence-electron chi connectivity index (χ2n) is 5.35. The van der Waals surface area contributed by atoms with Gasteiger partial charge in [0, 0.05) is 25.4 Å². The molecule has 0 saturated heterocycles. The minimum atomic E-state index is -0.475.